The molecular formula is C33H28N2P+. The molecule has 2 nitrogen and oxygen atoms in total. The summed E-state index contributed by atoms with van der Waals surface area (Å²) in [5, 5.41) is 14.4. The standard InChI is InChI=1S/C33H28N2P/c1-6-16-27(17-7-1)33(28-18-8-2-9-19-28)26-32(34-35-33)36(29-20-10-3-11-21-29,30-22-12-4-13-23-30)31-24-14-5-15-25-31/h1-25,32H,26H2/q+1/t32-/m1/s1. The first-order valence-electron chi connectivity index (χ1n) is 12.4. The summed E-state index contributed by atoms with van der Waals surface area (Å²) in [4.78, 5) is 0. The van der Waals surface area contributed by atoms with E-state index in [-0.39, 0.29) is 5.78 Å². The van der Waals surface area contributed by atoms with E-state index in [0.29, 0.717) is 0 Å². The van der Waals surface area contributed by atoms with Crippen LogP contribution in [-0.4, -0.2) is 5.78 Å². The molecule has 0 unspecified atom stereocenters. The molecule has 6 rings (SSSR count). The third-order valence-electron chi connectivity index (χ3n) is 7.28. The van der Waals surface area contributed by atoms with E-state index in [0.717, 1.165) is 6.42 Å². The maximum absolute atomic E-state index is 5.22. The van der Waals surface area contributed by atoms with Crippen molar-refractivity contribution in [3.63, 3.8) is 0 Å². The normalized spacial score (nSPS) is 16.6. The summed E-state index contributed by atoms with van der Waals surface area (Å²) in [5.41, 5.74) is 1.86. The van der Waals surface area contributed by atoms with Gasteiger partial charge in [-0.15, -0.1) is 5.11 Å². The highest BCUT2D eigenvalue weighted by molar-refractivity contribution is 7.96. The van der Waals surface area contributed by atoms with Crippen LogP contribution < -0.4 is 15.9 Å². The monoisotopic (exact) mass is 483 g/mol. The Labute approximate surface area is 213 Å². The zero-order valence-electron chi connectivity index (χ0n) is 20.1. The molecule has 0 bridgehead atoms. The van der Waals surface area contributed by atoms with Crippen molar-refractivity contribution in [1.82, 2.24) is 0 Å². The fourth-order valence-electron chi connectivity index (χ4n) is 5.62. The second kappa shape index (κ2) is 9.64. The molecule has 174 valence electrons. The maximum Gasteiger partial charge on any atom is 0.194 e. The minimum absolute atomic E-state index is 0.00473. The molecule has 0 spiro atoms. The minimum Gasteiger partial charge on any atom is -0.173 e. The van der Waals surface area contributed by atoms with Gasteiger partial charge in [0.25, 0.3) is 0 Å². The van der Waals surface area contributed by atoms with Crippen LogP contribution in [0.15, 0.2) is 162 Å². The molecule has 1 aliphatic rings. The van der Waals surface area contributed by atoms with Gasteiger partial charge in [0.15, 0.2) is 5.78 Å². The summed E-state index contributed by atoms with van der Waals surface area (Å²) < 4.78 is 0. The van der Waals surface area contributed by atoms with Crippen molar-refractivity contribution in [1.29, 1.82) is 0 Å². The molecule has 3 heteroatoms. The Kier molecular flexibility index (Phi) is 6.05. The highest BCUT2D eigenvalue weighted by Gasteiger charge is 2.58. The van der Waals surface area contributed by atoms with Gasteiger partial charge in [0.1, 0.15) is 28.7 Å². The number of hydrogen-bond donors (Lipinski definition) is 0. The summed E-state index contributed by atoms with van der Waals surface area (Å²) in [7, 11) is -2.18. The van der Waals surface area contributed by atoms with Gasteiger partial charge in [-0.1, -0.05) is 115 Å². The molecule has 0 amide bonds. The van der Waals surface area contributed by atoms with E-state index in [9.17, 15) is 0 Å². The molecule has 1 atom stereocenters. The molecule has 1 heterocycles. The average Bonchev–Trinajstić information content (AvgIpc) is 3.43. The zero-order valence-corrected chi connectivity index (χ0v) is 21.0. The number of rotatable bonds is 6. The van der Waals surface area contributed by atoms with E-state index < -0.39 is 12.8 Å². The minimum atomic E-state index is -2.18. The molecule has 36 heavy (non-hydrogen) atoms. The SMILES string of the molecule is c1ccc(C2(c3ccccc3)C[C@@H]([P+](c3ccccc3)(c3ccccc3)c3ccccc3)N=N2)cc1. The van der Waals surface area contributed by atoms with E-state index in [1.807, 2.05) is 0 Å². The van der Waals surface area contributed by atoms with Crippen molar-refractivity contribution in [3.05, 3.63) is 163 Å². The highest BCUT2D eigenvalue weighted by Crippen LogP contribution is 2.65. The van der Waals surface area contributed by atoms with E-state index in [1.54, 1.807) is 0 Å². The predicted octanol–water partition coefficient (Wildman–Crippen LogP) is 7.11. The van der Waals surface area contributed by atoms with Crippen molar-refractivity contribution in [3.8, 4) is 0 Å². The van der Waals surface area contributed by atoms with Crippen LogP contribution >= 0.6 is 7.26 Å². The van der Waals surface area contributed by atoms with Crippen molar-refractivity contribution >= 4 is 23.2 Å². The Balaban J connectivity index is 1.61. The second-order valence-corrected chi connectivity index (χ2v) is 12.8. The lowest BCUT2D eigenvalue weighted by Gasteiger charge is -2.33. The first-order chi connectivity index (χ1) is 17.8. The van der Waals surface area contributed by atoms with Crippen LogP contribution in [0.1, 0.15) is 17.5 Å². The summed E-state index contributed by atoms with van der Waals surface area (Å²) in [6, 6.07) is 54.3. The molecule has 1 aliphatic heterocycles. The molecule has 5 aromatic rings. The third-order valence-corrected chi connectivity index (χ3v) is 11.8. The first kappa shape index (κ1) is 22.6. The molecule has 0 saturated carbocycles. The van der Waals surface area contributed by atoms with Crippen molar-refractivity contribution in [2.75, 3.05) is 0 Å². The highest BCUT2D eigenvalue weighted by atomic mass is 31.2. The van der Waals surface area contributed by atoms with Gasteiger partial charge in [0.2, 0.25) is 0 Å². The van der Waals surface area contributed by atoms with E-state index in [1.165, 1.54) is 27.0 Å². The van der Waals surface area contributed by atoms with Gasteiger partial charge in [-0.05, 0) is 47.5 Å². The number of azo groups is 1. The molecule has 0 fully saturated rings. The van der Waals surface area contributed by atoms with Crippen molar-refractivity contribution in [2.45, 2.75) is 17.7 Å². The van der Waals surface area contributed by atoms with Crippen molar-refractivity contribution in [2.24, 2.45) is 10.2 Å². The molecule has 0 saturated heterocycles. The Bertz CT molecular complexity index is 1300. The molecule has 0 aliphatic carbocycles. The number of hydrogen-bond acceptors (Lipinski definition) is 2. The molecule has 5 aromatic carbocycles. The molecule has 0 radical (unpaired) electrons. The van der Waals surface area contributed by atoms with Gasteiger partial charge in [-0.25, -0.2) is 0 Å². The summed E-state index contributed by atoms with van der Waals surface area (Å²) in [5.74, 6) is 0.00473. The van der Waals surface area contributed by atoms with Crippen LogP contribution in [0.4, 0.5) is 0 Å². The van der Waals surface area contributed by atoms with Crippen LogP contribution in [0.3, 0.4) is 0 Å². The summed E-state index contributed by atoms with van der Waals surface area (Å²) in [6.07, 6.45) is 0.813. The van der Waals surface area contributed by atoms with Crippen LogP contribution in [0.25, 0.3) is 0 Å². The lowest BCUT2D eigenvalue weighted by Crippen LogP contribution is -2.39. The zero-order chi connectivity index (χ0) is 24.3. The van der Waals surface area contributed by atoms with Crippen LogP contribution in [-0.2, 0) is 5.54 Å². The van der Waals surface area contributed by atoms with Crippen LogP contribution in [0.2, 0.25) is 0 Å². The predicted molar refractivity (Wildman–Crippen MR) is 152 cm³/mol. The van der Waals surface area contributed by atoms with Gasteiger partial charge in [-0.2, -0.15) is 5.11 Å². The topological polar surface area (TPSA) is 24.7 Å². The van der Waals surface area contributed by atoms with Gasteiger partial charge >= 0.3 is 0 Å². The first-order valence-corrected chi connectivity index (χ1v) is 14.3. The Morgan fingerprint density at radius 1 is 0.472 bits per heavy atom. The van der Waals surface area contributed by atoms with E-state index in [2.05, 4.69) is 152 Å². The maximum atomic E-state index is 5.22. The molecule has 0 aromatic heterocycles. The summed E-state index contributed by atoms with van der Waals surface area (Å²) >= 11 is 0. The Morgan fingerprint density at radius 2 is 0.806 bits per heavy atom. The number of benzene rings is 5. The van der Waals surface area contributed by atoms with E-state index in [4.69, 9.17) is 10.2 Å². The largest absolute Gasteiger partial charge is 0.194 e. The fraction of sp³-hybridized carbons (Fsp3) is 0.0909. The third kappa shape index (κ3) is 3.70. The lowest BCUT2D eigenvalue weighted by molar-refractivity contribution is 0.542. The Hall–Kier alpha value is -3.87. The quantitative estimate of drug-likeness (QED) is 0.230. The fourth-order valence-corrected chi connectivity index (χ4v) is 10.2. The number of nitrogens with zero attached hydrogens (tertiary/aromatic N) is 2. The molecule has 0 N–H and O–H groups in total. The van der Waals surface area contributed by atoms with Gasteiger partial charge in [-0.3, -0.25) is 0 Å². The van der Waals surface area contributed by atoms with Crippen LogP contribution in [0, 0.1) is 0 Å². The van der Waals surface area contributed by atoms with Gasteiger partial charge in [0.05, 0.1) is 0 Å². The summed E-state index contributed by atoms with van der Waals surface area (Å²) in [6.45, 7) is 0. The molecular weight excluding hydrogens is 455 g/mol. The Morgan fingerprint density at radius 3 is 1.17 bits per heavy atom. The smallest absolute Gasteiger partial charge is 0.173 e. The van der Waals surface area contributed by atoms with Gasteiger partial charge in [0, 0.05) is 6.42 Å². The van der Waals surface area contributed by atoms with Crippen molar-refractivity contribution < 1.29 is 0 Å². The second-order valence-electron chi connectivity index (χ2n) is 9.22. The average molecular weight is 484 g/mol. The van der Waals surface area contributed by atoms with E-state index >= 15 is 0 Å². The lowest BCUT2D eigenvalue weighted by atomic mass is 9.81. The van der Waals surface area contributed by atoms with Gasteiger partial charge < -0.3 is 0 Å². The van der Waals surface area contributed by atoms with Crippen LogP contribution in [0.5, 0.6) is 0 Å².